The van der Waals surface area contributed by atoms with Gasteiger partial charge in [0.25, 0.3) is 11.4 Å². The van der Waals surface area contributed by atoms with E-state index >= 15 is 0 Å². The molecule has 0 spiro atoms. The van der Waals surface area contributed by atoms with Gasteiger partial charge in [0.05, 0.1) is 5.69 Å². The number of para-hydroxylation sites is 1. The van der Waals surface area contributed by atoms with E-state index in [0.717, 1.165) is 4.68 Å². The second-order valence-corrected chi connectivity index (χ2v) is 5.98. The number of nitrogens with zero attached hydrogens (tertiary/aromatic N) is 4. The molecular formula is C20H15FN4O3. The highest BCUT2D eigenvalue weighted by molar-refractivity contribution is 5.46. The van der Waals surface area contributed by atoms with E-state index in [-0.39, 0.29) is 11.4 Å². The third-order valence-corrected chi connectivity index (χ3v) is 3.95. The minimum absolute atomic E-state index is 0.148. The molecule has 0 saturated carbocycles. The maximum Gasteiger partial charge on any atom is 0.278 e. The summed E-state index contributed by atoms with van der Waals surface area (Å²) in [6.07, 6.45) is -0.442. The Hall–Kier alpha value is -3.81. The van der Waals surface area contributed by atoms with Crippen molar-refractivity contribution in [1.82, 2.24) is 19.9 Å². The Morgan fingerprint density at radius 3 is 2.54 bits per heavy atom. The van der Waals surface area contributed by atoms with Crippen LogP contribution in [0.2, 0.25) is 0 Å². The van der Waals surface area contributed by atoms with Crippen molar-refractivity contribution >= 4 is 0 Å². The normalized spacial score (nSPS) is 11.9. The van der Waals surface area contributed by atoms with E-state index in [1.807, 2.05) is 30.3 Å². The minimum Gasteiger partial charge on any atom is -0.483 e. The van der Waals surface area contributed by atoms with Crippen LogP contribution in [0.1, 0.15) is 18.9 Å². The summed E-state index contributed by atoms with van der Waals surface area (Å²) in [6, 6.07) is 17.5. The lowest BCUT2D eigenvalue weighted by molar-refractivity contribution is 0.211. The van der Waals surface area contributed by atoms with Crippen LogP contribution in [0.25, 0.3) is 17.3 Å². The Labute approximate surface area is 159 Å². The van der Waals surface area contributed by atoms with Gasteiger partial charge < -0.3 is 9.26 Å². The molecule has 0 aliphatic heterocycles. The quantitative estimate of drug-likeness (QED) is 0.528. The molecule has 8 heteroatoms. The molecule has 2 aromatic carbocycles. The maximum atomic E-state index is 13.1. The number of benzene rings is 2. The maximum absolute atomic E-state index is 13.1. The van der Waals surface area contributed by atoms with E-state index in [2.05, 4.69) is 15.2 Å². The molecule has 2 heterocycles. The molecule has 140 valence electrons. The number of rotatable bonds is 5. The second kappa shape index (κ2) is 7.43. The van der Waals surface area contributed by atoms with E-state index in [4.69, 9.17) is 9.26 Å². The van der Waals surface area contributed by atoms with Crippen molar-refractivity contribution in [1.29, 1.82) is 0 Å². The second-order valence-electron chi connectivity index (χ2n) is 5.98. The third-order valence-electron chi connectivity index (χ3n) is 3.95. The summed E-state index contributed by atoms with van der Waals surface area (Å²) in [7, 11) is 0. The number of halogens is 1. The van der Waals surface area contributed by atoms with Gasteiger partial charge in [-0.3, -0.25) is 4.79 Å². The topological polar surface area (TPSA) is 83.0 Å². The Bertz CT molecular complexity index is 1140. The summed E-state index contributed by atoms with van der Waals surface area (Å²) in [5.41, 5.74) is 0.374. The molecule has 0 fully saturated rings. The van der Waals surface area contributed by atoms with Crippen LogP contribution in [-0.4, -0.2) is 19.9 Å². The van der Waals surface area contributed by atoms with Crippen molar-refractivity contribution in [2.24, 2.45) is 0 Å². The first-order chi connectivity index (χ1) is 13.6. The fourth-order valence-corrected chi connectivity index (χ4v) is 2.55. The Kier molecular flexibility index (Phi) is 4.67. The first-order valence-electron chi connectivity index (χ1n) is 8.52. The zero-order chi connectivity index (χ0) is 19.5. The Morgan fingerprint density at radius 2 is 1.79 bits per heavy atom. The van der Waals surface area contributed by atoms with Gasteiger partial charge in [0.15, 0.2) is 6.10 Å². The average Bonchev–Trinajstić information content (AvgIpc) is 3.20. The highest BCUT2D eigenvalue weighted by atomic mass is 19.1. The van der Waals surface area contributed by atoms with Crippen molar-refractivity contribution in [2.45, 2.75) is 13.0 Å². The molecule has 0 N–H and O–H groups in total. The van der Waals surface area contributed by atoms with Crippen LogP contribution in [-0.2, 0) is 0 Å². The smallest absolute Gasteiger partial charge is 0.278 e. The third kappa shape index (κ3) is 3.66. The van der Waals surface area contributed by atoms with Crippen molar-refractivity contribution in [3.8, 4) is 23.0 Å². The van der Waals surface area contributed by atoms with Crippen molar-refractivity contribution in [3.63, 3.8) is 0 Å². The fourth-order valence-electron chi connectivity index (χ4n) is 2.55. The van der Waals surface area contributed by atoms with E-state index in [9.17, 15) is 9.18 Å². The SMILES string of the molecule is CC(Oc1ccccc1)c1noc(-c2ccc(=O)n(-c3ccc(F)cc3)n2)n1. The van der Waals surface area contributed by atoms with E-state index < -0.39 is 11.9 Å². The highest BCUT2D eigenvalue weighted by Gasteiger charge is 2.18. The lowest BCUT2D eigenvalue weighted by Crippen LogP contribution is -2.20. The molecule has 28 heavy (non-hydrogen) atoms. The molecule has 2 aromatic heterocycles. The lowest BCUT2D eigenvalue weighted by Gasteiger charge is -2.10. The molecule has 0 bridgehead atoms. The molecule has 4 rings (SSSR count). The molecule has 0 amide bonds. The molecule has 4 aromatic rings. The van der Waals surface area contributed by atoms with Crippen molar-refractivity contribution < 1.29 is 13.7 Å². The predicted octanol–water partition coefficient (Wildman–Crippen LogP) is 3.56. The predicted molar refractivity (Wildman–Crippen MR) is 98.6 cm³/mol. The summed E-state index contributed by atoms with van der Waals surface area (Å²) in [5, 5.41) is 8.18. The monoisotopic (exact) mass is 378 g/mol. The highest BCUT2D eigenvalue weighted by Crippen LogP contribution is 2.22. The van der Waals surface area contributed by atoms with Crippen LogP contribution in [0.4, 0.5) is 4.39 Å². The zero-order valence-electron chi connectivity index (χ0n) is 14.8. The van der Waals surface area contributed by atoms with Crippen LogP contribution >= 0.6 is 0 Å². The summed E-state index contributed by atoms with van der Waals surface area (Å²) < 4.78 is 25.3. The number of aromatic nitrogens is 4. The largest absolute Gasteiger partial charge is 0.483 e. The van der Waals surface area contributed by atoms with Crippen molar-refractivity contribution in [3.05, 3.63) is 88.7 Å². The fraction of sp³-hybridized carbons (Fsp3) is 0.100. The number of ether oxygens (including phenoxy) is 1. The number of hydrogen-bond donors (Lipinski definition) is 0. The standard InChI is InChI=1S/C20H15FN4O3/c1-13(27-16-5-3-2-4-6-16)19-22-20(28-24-19)17-11-12-18(26)25(23-17)15-9-7-14(21)8-10-15/h2-13H,1H3. The lowest BCUT2D eigenvalue weighted by atomic mass is 10.3. The summed E-state index contributed by atoms with van der Waals surface area (Å²) in [6.45, 7) is 1.80. The Balaban J connectivity index is 1.61. The van der Waals surface area contributed by atoms with Gasteiger partial charge in [-0.15, -0.1) is 0 Å². The first-order valence-corrected chi connectivity index (χ1v) is 8.52. The summed E-state index contributed by atoms with van der Waals surface area (Å²) in [5.74, 6) is 0.779. The van der Waals surface area contributed by atoms with Crippen LogP contribution in [0.5, 0.6) is 5.75 Å². The molecule has 0 radical (unpaired) electrons. The summed E-state index contributed by atoms with van der Waals surface area (Å²) in [4.78, 5) is 16.4. The van der Waals surface area contributed by atoms with Gasteiger partial charge in [-0.25, -0.2) is 4.39 Å². The zero-order valence-corrected chi connectivity index (χ0v) is 14.8. The average molecular weight is 378 g/mol. The van der Waals surface area contributed by atoms with Gasteiger partial charge in [-0.05, 0) is 49.4 Å². The van der Waals surface area contributed by atoms with E-state index in [1.54, 1.807) is 6.92 Å². The van der Waals surface area contributed by atoms with E-state index in [0.29, 0.717) is 23.0 Å². The molecule has 0 aliphatic carbocycles. The van der Waals surface area contributed by atoms with Crippen LogP contribution in [0, 0.1) is 5.82 Å². The van der Waals surface area contributed by atoms with Gasteiger partial charge in [-0.2, -0.15) is 14.8 Å². The van der Waals surface area contributed by atoms with Crippen molar-refractivity contribution in [2.75, 3.05) is 0 Å². The molecule has 1 unspecified atom stereocenters. The Morgan fingerprint density at radius 1 is 1.04 bits per heavy atom. The molecule has 1 atom stereocenters. The van der Waals surface area contributed by atoms with Gasteiger partial charge in [0, 0.05) is 6.07 Å². The molecule has 0 saturated heterocycles. The van der Waals surface area contributed by atoms with Gasteiger partial charge >= 0.3 is 0 Å². The van der Waals surface area contributed by atoms with Crippen LogP contribution < -0.4 is 10.3 Å². The van der Waals surface area contributed by atoms with Gasteiger partial charge in [0.2, 0.25) is 5.82 Å². The van der Waals surface area contributed by atoms with Crippen LogP contribution in [0.3, 0.4) is 0 Å². The molecule has 0 aliphatic rings. The first kappa shape index (κ1) is 17.6. The van der Waals surface area contributed by atoms with E-state index in [1.165, 1.54) is 36.4 Å². The molecule has 7 nitrogen and oxygen atoms in total. The van der Waals surface area contributed by atoms with Gasteiger partial charge in [-0.1, -0.05) is 23.4 Å². The van der Waals surface area contributed by atoms with Gasteiger partial charge in [0.1, 0.15) is 17.3 Å². The minimum atomic E-state index is -0.442. The summed E-state index contributed by atoms with van der Waals surface area (Å²) >= 11 is 0. The number of hydrogen-bond acceptors (Lipinski definition) is 6. The van der Waals surface area contributed by atoms with Crippen LogP contribution in [0.15, 0.2) is 76.0 Å². The molecular weight excluding hydrogens is 363 g/mol.